The van der Waals surface area contributed by atoms with Crippen LogP contribution in [0, 0.1) is 3.57 Å². The van der Waals surface area contributed by atoms with E-state index in [1.807, 2.05) is 31.2 Å². The van der Waals surface area contributed by atoms with Gasteiger partial charge in [0.05, 0.1) is 6.61 Å². The monoisotopic (exact) mass is 355 g/mol. The van der Waals surface area contributed by atoms with Crippen LogP contribution < -0.4 is 10.1 Å². The fraction of sp³-hybridized carbons (Fsp3) is 0.231. The zero-order valence-electron chi connectivity index (χ0n) is 10.1. The van der Waals surface area contributed by atoms with Gasteiger partial charge in [0, 0.05) is 22.5 Å². The van der Waals surface area contributed by atoms with Crippen molar-refractivity contribution in [2.45, 2.75) is 13.5 Å². The molecule has 0 aliphatic carbocycles. The fourth-order valence-electron chi connectivity index (χ4n) is 1.50. The maximum atomic E-state index is 5.45. The fourth-order valence-corrected chi connectivity index (χ4v) is 1.78. The summed E-state index contributed by atoms with van der Waals surface area (Å²) in [6.45, 7) is 3.34. The molecule has 0 saturated carbocycles. The van der Waals surface area contributed by atoms with Gasteiger partial charge in [-0.15, -0.1) is 0 Å². The molecule has 2 rings (SSSR count). The van der Waals surface area contributed by atoms with E-state index in [-0.39, 0.29) is 0 Å². The zero-order valence-corrected chi connectivity index (χ0v) is 12.2. The molecule has 0 radical (unpaired) electrons. The Hall–Kier alpha value is -1.37. The lowest BCUT2D eigenvalue weighted by Crippen LogP contribution is -2.03. The number of benzene rings is 1. The molecule has 0 fully saturated rings. The van der Waals surface area contributed by atoms with Crippen molar-refractivity contribution in [3.8, 4) is 5.75 Å². The molecule has 94 valence electrons. The summed E-state index contributed by atoms with van der Waals surface area (Å²) >= 11 is 2.18. The van der Waals surface area contributed by atoms with E-state index in [4.69, 9.17) is 4.74 Å². The lowest BCUT2D eigenvalue weighted by Gasteiger charge is -2.07. The van der Waals surface area contributed by atoms with Crippen molar-refractivity contribution in [1.82, 2.24) is 9.97 Å². The first-order chi connectivity index (χ1) is 8.78. The van der Waals surface area contributed by atoms with Crippen LogP contribution in [0.2, 0.25) is 0 Å². The summed E-state index contributed by atoms with van der Waals surface area (Å²) in [5, 5.41) is 3.18. The molecule has 0 aliphatic rings. The summed E-state index contributed by atoms with van der Waals surface area (Å²) in [6.07, 6.45) is 3.57. The minimum atomic E-state index is 0.636. The van der Waals surface area contributed by atoms with Gasteiger partial charge in [-0.2, -0.15) is 0 Å². The molecule has 18 heavy (non-hydrogen) atoms. The Morgan fingerprint density at radius 3 is 2.78 bits per heavy atom. The first-order valence-electron chi connectivity index (χ1n) is 5.71. The number of halogens is 1. The van der Waals surface area contributed by atoms with Crippen LogP contribution in [-0.2, 0) is 6.54 Å². The first-order valence-corrected chi connectivity index (χ1v) is 6.79. The summed E-state index contributed by atoms with van der Waals surface area (Å²) in [5.74, 6) is 1.53. The van der Waals surface area contributed by atoms with E-state index in [1.165, 1.54) is 0 Å². The highest BCUT2D eigenvalue weighted by Crippen LogP contribution is 2.14. The predicted molar refractivity (Wildman–Crippen MR) is 79.7 cm³/mol. The van der Waals surface area contributed by atoms with Crippen LogP contribution in [0.5, 0.6) is 5.75 Å². The normalized spacial score (nSPS) is 10.1. The van der Waals surface area contributed by atoms with Gasteiger partial charge < -0.3 is 10.1 Å². The average molecular weight is 355 g/mol. The summed E-state index contributed by atoms with van der Waals surface area (Å²) in [5.41, 5.74) is 1.14. The quantitative estimate of drug-likeness (QED) is 0.838. The number of hydrogen-bond donors (Lipinski definition) is 1. The Labute approximate surface area is 120 Å². The molecule has 5 heteroatoms. The van der Waals surface area contributed by atoms with Gasteiger partial charge in [-0.05, 0) is 47.2 Å². The van der Waals surface area contributed by atoms with Gasteiger partial charge in [0.25, 0.3) is 0 Å². The van der Waals surface area contributed by atoms with Gasteiger partial charge in [0.1, 0.15) is 5.75 Å². The Morgan fingerprint density at radius 2 is 2.06 bits per heavy atom. The van der Waals surface area contributed by atoms with Gasteiger partial charge in [0.15, 0.2) is 0 Å². The Morgan fingerprint density at radius 1 is 1.28 bits per heavy atom. The van der Waals surface area contributed by atoms with E-state index in [9.17, 15) is 0 Å². The van der Waals surface area contributed by atoms with Gasteiger partial charge in [0.2, 0.25) is 5.95 Å². The maximum absolute atomic E-state index is 5.45. The summed E-state index contributed by atoms with van der Waals surface area (Å²) in [4.78, 5) is 8.38. The number of nitrogens with one attached hydrogen (secondary N) is 1. The molecule has 0 spiro atoms. The van der Waals surface area contributed by atoms with Gasteiger partial charge in [-0.25, -0.2) is 9.97 Å². The molecular weight excluding hydrogens is 341 g/mol. The van der Waals surface area contributed by atoms with Crippen molar-refractivity contribution >= 4 is 28.5 Å². The number of ether oxygens (including phenoxy) is 1. The number of rotatable bonds is 5. The Balaban J connectivity index is 1.97. The third-order valence-electron chi connectivity index (χ3n) is 2.28. The molecule has 0 aliphatic heterocycles. The van der Waals surface area contributed by atoms with E-state index in [0.29, 0.717) is 19.1 Å². The molecule has 1 aromatic heterocycles. The van der Waals surface area contributed by atoms with E-state index >= 15 is 0 Å². The molecule has 1 heterocycles. The molecule has 0 atom stereocenters. The predicted octanol–water partition coefficient (Wildman–Crippen LogP) is 3.09. The highest BCUT2D eigenvalue weighted by atomic mass is 127. The second-order valence-corrected chi connectivity index (χ2v) is 4.90. The van der Waals surface area contributed by atoms with Gasteiger partial charge in [-0.3, -0.25) is 0 Å². The van der Waals surface area contributed by atoms with Crippen LogP contribution in [0.4, 0.5) is 5.95 Å². The highest BCUT2D eigenvalue weighted by Gasteiger charge is 1.98. The smallest absolute Gasteiger partial charge is 0.222 e. The summed E-state index contributed by atoms with van der Waals surface area (Å²) < 4.78 is 6.48. The van der Waals surface area contributed by atoms with Crippen molar-refractivity contribution in [1.29, 1.82) is 0 Å². The minimum Gasteiger partial charge on any atom is -0.494 e. The lowest BCUT2D eigenvalue weighted by molar-refractivity contribution is 0.340. The Bertz CT molecular complexity index is 502. The number of nitrogens with zero attached hydrogens (tertiary/aromatic N) is 2. The van der Waals surface area contributed by atoms with Crippen LogP contribution in [0.1, 0.15) is 12.5 Å². The third-order valence-corrected chi connectivity index (χ3v) is 2.84. The van der Waals surface area contributed by atoms with Gasteiger partial charge in [-0.1, -0.05) is 12.1 Å². The average Bonchev–Trinajstić information content (AvgIpc) is 2.39. The molecule has 1 aromatic carbocycles. The molecule has 4 nitrogen and oxygen atoms in total. The standard InChI is InChI=1S/C13H14IN3O/c1-2-18-12-5-3-4-10(6-12)7-15-13-16-8-11(14)9-17-13/h3-6,8-9H,2,7H2,1H3,(H,15,16,17). The van der Waals surface area contributed by atoms with E-state index in [2.05, 4.69) is 37.9 Å². The summed E-state index contributed by atoms with van der Waals surface area (Å²) in [7, 11) is 0. The highest BCUT2D eigenvalue weighted by molar-refractivity contribution is 14.1. The maximum Gasteiger partial charge on any atom is 0.222 e. The lowest BCUT2D eigenvalue weighted by atomic mass is 10.2. The van der Waals surface area contributed by atoms with Crippen molar-refractivity contribution in [3.63, 3.8) is 0 Å². The van der Waals surface area contributed by atoms with Crippen LogP contribution in [0.25, 0.3) is 0 Å². The second kappa shape index (κ2) is 6.53. The Kier molecular flexibility index (Phi) is 4.74. The molecule has 0 saturated heterocycles. The number of aromatic nitrogens is 2. The van der Waals surface area contributed by atoms with Crippen molar-refractivity contribution in [2.24, 2.45) is 0 Å². The topological polar surface area (TPSA) is 47.0 Å². The van der Waals surface area contributed by atoms with Crippen molar-refractivity contribution in [2.75, 3.05) is 11.9 Å². The third kappa shape index (κ3) is 3.83. The molecule has 0 bridgehead atoms. The van der Waals surface area contributed by atoms with Crippen LogP contribution >= 0.6 is 22.6 Å². The molecule has 0 unspecified atom stereocenters. The van der Waals surface area contributed by atoms with Gasteiger partial charge >= 0.3 is 0 Å². The minimum absolute atomic E-state index is 0.636. The van der Waals surface area contributed by atoms with Crippen LogP contribution in [-0.4, -0.2) is 16.6 Å². The van der Waals surface area contributed by atoms with Crippen molar-refractivity contribution < 1.29 is 4.74 Å². The summed E-state index contributed by atoms with van der Waals surface area (Å²) in [6, 6.07) is 8.00. The number of anilines is 1. The first kappa shape index (κ1) is 13.1. The van der Waals surface area contributed by atoms with Crippen LogP contribution in [0.3, 0.4) is 0 Å². The van der Waals surface area contributed by atoms with Crippen LogP contribution in [0.15, 0.2) is 36.7 Å². The molecule has 1 N–H and O–H groups in total. The molecule has 2 aromatic rings. The van der Waals surface area contributed by atoms with E-state index in [0.717, 1.165) is 14.9 Å². The SMILES string of the molecule is CCOc1cccc(CNc2ncc(I)cn2)c1. The van der Waals surface area contributed by atoms with E-state index in [1.54, 1.807) is 12.4 Å². The van der Waals surface area contributed by atoms with E-state index < -0.39 is 0 Å². The molecule has 0 amide bonds. The molecular formula is C13H14IN3O. The van der Waals surface area contributed by atoms with Crippen molar-refractivity contribution in [3.05, 3.63) is 45.8 Å². The second-order valence-electron chi connectivity index (χ2n) is 3.66. The largest absolute Gasteiger partial charge is 0.494 e. The zero-order chi connectivity index (χ0) is 12.8. The number of hydrogen-bond acceptors (Lipinski definition) is 4.